The van der Waals surface area contributed by atoms with Gasteiger partial charge in [-0.2, -0.15) is 0 Å². The molecule has 0 unspecified atom stereocenters. The van der Waals surface area contributed by atoms with E-state index in [1.165, 1.54) is 14.2 Å². The highest BCUT2D eigenvalue weighted by molar-refractivity contribution is 5.97. The molecule has 0 saturated carbocycles. The SMILES string of the molecule is COc1cccc(OC)c1C(=O)OCC(=O)C(C)(C)C. The number of methoxy groups -OCH3 is 2. The summed E-state index contributed by atoms with van der Waals surface area (Å²) in [5, 5.41) is 0. The molecule has 0 aromatic heterocycles. The van der Waals surface area contributed by atoms with Crippen LogP contribution in [0.2, 0.25) is 0 Å². The van der Waals surface area contributed by atoms with Crippen LogP contribution in [0.15, 0.2) is 18.2 Å². The molecule has 0 saturated heterocycles. The van der Waals surface area contributed by atoms with Gasteiger partial charge in [0.15, 0.2) is 12.4 Å². The molecule has 1 rings (SSSR count). The normalized spacial score (nSPS) is 10.8. The maximum atomic E-state index is 12.1. The molecule has 110 valence electrons. The van der Waals surface area contributed by atoms with Crippen LogP contribution in [0.25, 0.3) is 0 Å². The van der Waals surface area contributed by atoms with E-state index in [-0.39, 0.29) is 18.0 Å². The topological polar surface area (TPSA) is 61.8 Å². The molecule has 0 N–H and O–H groups in total. The first-order chi connectivity index (χ1) is 9.31. The van der Waals surface area contributed by atoms with Crippen molar-refractivity contribution in [2.45, 2.75) is 20.8 Å². The molecule has 0 atom stereocenters. The van der Waals surface area contributed by atoms with Crippen molar-refractivity contribution < 1.29 is 23.8 Å². The van der Waals surface area contributed by atoms with Gasteiger partial charge in [0.25, 0.3) is 0 Å². The largest absolute Gasteiger partial charge is 0.496 e. The molecule has 0 heterocycles. The molecule has 1 aromatic rings. The zero-order chi connectivity index (χ0) is 15.3. The molecule has 0 fully saturated rings. The summed E-state index contributed by atoms with van der Waals surface area (Å²) < 4.78 is 15.3. The Hall–Kier alpha value is -2.04. The van der Waals surface area contributed by atoms with Gasteiger partial charge in [0.2, 0.25) is 0 Å². The lowest BCUT2D eigenvalue weighted by Gasteiger charge is -2.17. The highest BCUT2D eigenvalue weighted by atomic mass is 16.5. The second-order valence-electron chi connectivity index (χ2n) is 5.29. The van der Waals surface area contributed by atoms with Gasteiger partial charge in [-0.15, -0.1) is 0 Å². The summed E-state index contributed by atoms with van der Waals surface area (Å²) >= 11 is 0. The molecular formula is C15H20O5. The highest BCUT2D eigenvalue weighted by Crippen LogP contribution is 2.29. The summed E-state index contributed by atoms with van der Waals surface area (Å²) in [6.45, 7) is 5.04. The van der Waals surface area contributed by atoms with Crippen LogP contribution in [0.5, 0.6) is 11.5 Å². The first-order valence-electron chi connectivity index (χ1n) is 6.22. The van der Waals surface area contributed by atoms with Gasteiger partial charge in [-0.25, -0.2) is 4.79 Å². The lowest BCUT2D eigenvalue weighted by Crippen LogP contribution is -2.26. The van der Waals surface area contributed by atoms with Crippen LogP contribution in [-0.2, 0) is 9.53 Å². The van der Waals surface area contributed by atoms with Gasteiger partial charge in [-0.1, -0.05) is 26.8 Å². The standard InChI is InChI=1S/C15H20O5/c1-15(2,3)12(16)9-20-14(17)13-10(18-4)7-6-8-11(13)19-5/h6-8H,9H2,1-5H3. The van der Waals surface area contributed by atoms with E-state index in [1.807, 2.05) is 0 Å². The van der Waals surface area contributed by atoms with Gasteiger partial charge in [0, 0.05) is 5.41 Å². The van der Waals surface area contributed by atoms with Gasteiger partial charge in [0.1, 0.15) is 17.1 Å². The maximum absolute atomic E-state index is 12.1. The number of Topliss-reactive ketones (excluding diaryl/α,β-unsaturated/α-hetero) is 1. The Bertz CT molecular complexity index is 477. The number of carbonyl (C=O) groups excluding carboxylic acids is 2. The molecule has 0 aliphatic rings. The van der Waals surface area contributed by atoms with Crippen molar-refractivity contribution in [3.8, 4) is 11.5 Å². The summed E-state index contributed by atoms with van der Waals surface area (Å²) in [5.41, 5.74) is -0.371. The molecule has 0 bridgehead atoms. The molecule has 5 heteroatoms. The predicted octanol–water partition coefficient (Wildman–Crippen LogP) is 2.48. The Morgan fingerprint density at radius 1 is 1.05 bits per heavy atom. The average molecular weight is 280 g/mol. The minimum absolute atomic E-state index is 0.153. The van der Waals surface area contributed by atoms with E-state index in [1.54, 1.807) is 39.0 Å². The second kappa shape index (κ2) is 6.41. The summed E-state index contributed by atoms with van der Waals surface area (Å²) in [4.78, 5) is 23.9. The molecule has 0 amide bonds. The number of esters is 1. The highest BCUT2D eigenvalue weighted by Gasteiger charge is 2.25. The summed E-state index contributed by atoms with van der Waals surface area (Å²) in [6, 6.07) is 4.96. The van der Waals surface area contributed by atoms with Gasteiger partial charge in [0.05, 0.1) is 14.2 Å². The van der Waals surface area contributed by atoms with E-state index in [9.17, 15) is 9.59 Å². The number of rotatable bonds is 5. The minimum atomic E-state index is -0.642. The first-order valence-corrected chi connectivity index (χ1v) is 6.22. The number of hydrogen-bond donors (Lipinski definition) is 0. The number of hydrogen-bond acceptors (Lipinski definition) is 5. The second-order valence-corrected chi connectivity index (χ2v) is 5.29. The molecule has 5 nitrogen and oxygen atoms in total. The van der Waals surface area contributed by atoms with E-state index in [2.05, 4.69) is 0 Å². The Balaban J connectivity index is 2.90. The van der Waals surface area contributed by atoms with Crippen molar-refractivity contribution in [1.29, 1.82) is 0 Å². The lowest BCUT2D eigenvalue weighted by atomic mass is 9.91. The van der Waals surface area contributed by atoms with Crippen LogP contribution >= 0.6 is 0 Å². The van der Waals surface area contributed by atoms with Gasteiger partial charge >= 0.3 is 5.97 Å². The van der Waals surface area contributed by atoms with Gasteiger partial charge in [-0.3, -0.25) is 4.79 Å². The summed E-state index contributed by atoms with van der Waals surface area (Å²) in [6.07, 6.45) is 0. The van der Waals surface area contributed by atoms with E-state index < -0.39 is 11.4 Å². The van der Waals surface area contributed by atoms with E-state index in [4.69, 9.17) is 14.2 Å². The molecule has 0 spiro atoms. The maximum Gasteiger partial charge on any atom is 0.346 e. The Kier molecular flexibility index (Phi) is 5.13. The molecule has 0 aliphatic carbocycles. The van der Waals surface area contributed by atoms with Crippen molar-refractivity contribution in [2.75, 3.05) is 20.8 Å². The fraction of sp³-hybridized carbons (Fsp3) is 0.467. The fourth-order valence-electron chi connectivity index (χ4n) is 1.47. The Labute approximate surface area is 118 Å². The molecular weight excluding hydrogens is 260 g/mol. The van der Waals surface area contributed by atoms with Crippen LogP contribution in [-0.4, -0.2) is 32.6 Å². The van der Waals surface area contributed by atoms with Crippen LogP contribution in [0, 0.1) is 5.41 Å². The van der Waals surface area contributed by atoms with Gasteiger partial charge in [-0.05, 0) is 12.1 Å². The molecule has 20 heavy (non-hydrogen) atoms. The third-order valence-corrected chi connectivity index (χ3v) is 2.80. The quantitative estimate of drug-likeness (QED) is 0.775. The minimum Gasteiger partial charge on any atom is -0.496 e. The predicted molar refractivity (Wildman–Crippen MR) is 74.3 cm³/mol. The van der Waals surface area contributed by atoms with E-state index in [0.29, 0.717) is 11.5 Å². The first kappa shape index (κ1) is 16.0. The monoisotopic (exact) mass is 280 g/mol. The van der Waals surface area contributed by atoms with Crippen molar-refractivity contribution in [3.63, 3.8) is 0 Å². The third kappa shape index (κ3) is 3.73. The van der Waals surface area contributed by atoms with Crippen molar-refractivity contribution in [1.82, 2.24) is 0 Å². The zero-order valence-electron chi connectivity index (χ0n) is 12.5. The van der Waals surface area contributed by atoms with Crippen molar-refractivity contribution >= 4 is 11.8 Å². The summed E-state index contributed by atoms with van der Waals surface area (Å²) in [7, 11) is 2.90. The molecule has 0 radical (unpaired) electrons. The van der Waals surface area contributed by atoms with Crippen LogP contribution < -0.4 is 9.47 Å². The van der Waals surface area contributed by atoms with Crippen LogP contribution in [0.3, 0.4) is 0 Å². The van der Waals surface area contributed by atoms with Gasteiger partial charge < -0.3 is 14.2 Å². The smallest absolute Gasteiger partial charge is 0.346 e. The number of ketones is 1. The fourth-order valence-corrected chi connectivity index (χ4v) is 1.47. The Morgan fingerprint density at radius 3 is 1.95 bits per heavy atom. The zero-order valence-corrected chi connectivity index (χ0v) is 12.5. The number of carbonyl (C=O) groups is 2. The van der Waals surface area contributed by atoms with Crippen LogP contribution in [0.1, 0.15) is 31.1 Å². The lowest BCUT2D eigenvalue weighted by molar-refractivity contribution is -0.129. The van der Waals surface area contributed by atoms with Crippen LogP contribution in [0.4, 0.5) is 0 Å². The number of ether oxygens (including phenoxy) is 3. The molecule has 0 aliphatic heterocycles. The average Bonchev–Trinajstić information content (AvgIpc) is 2.42. The van der Waals surface area contributed by atoms with Crippen molar-refractivity contribution in [3.05, 3.63) is 23.8 Å². The Morgan fingerprint density at radius 2 is 1.55 bits per heavy atom. The number of benzene rings is 1. The van der Waals surface area contributed by atoms with E-state index >= 15 is 0 Å². The van der Waals surface area contributed by atoms with Crippen molar-refractivity contribution in [2.24, 2.45) is 5.41 Å². The molecule has 1 aromatic carbocycles. The van der Waals surface area contributed by atoms with E-state index in [0.717, 1.165) is 0 Å². The third-order valence-electron chi connectivity index (χ3n) is 2.80. The summed E-state index contributed by atoms with van der Waals surface area (Å²) in [5.74, 6) is -0.105.